The van der Waals surface area contributed by atoms with E-state index in [4.69, 9.17) is 17.3 Å². The molecule has 0 amide bonds. The van der Waals surface area contributed by atoms with Gasteiger partial charge in [-0.1, -0.05) is 17.7 Å². The van der Waals surface area contributed by atoms with E-state index in [2.05, 4.69) is 4.98 Å². The third-order valence-electron chi connectivity index (χ3n) is 2.30. The van der Waals surface area contributed by atoms with E-state index >= 15 is 0 Å². The van der Waals surface area contributed by atoms with Crippen molar-refractivity contribution in [1.82, 2.24) is 4.98 Å². The summed E-state index contributed by atoms with van der Waals surface area (Å²) in [5, 5.41) is 0.719. The zero-order chi connectivity index (χ0) is 12.1. The molecule has 0 aliphatic rings. The number of nitrogen functional groups attached to an aromatic ring is 1. The smallest absolute Gasteiger partial charge is 0.0562 e. The number of nitrogens with two attached hydrogens (primary N) is 1. The summed E-state index contributed by atoms with van der Waals surface area (Å²) in [6.07, 6.45) is 2.75. The summed E-state index contributed by atoms with van der Waals surface area (Å²) in [5.41, 5.74) is 7.45. The van der Waals surface area contributed by atoms with Gasteiger partial charge in [0.05, 0.1) is 5.02 Å². The van der Waals surface area contributed by atoms with Crippen molar-refractivity contribution in [3.63, 3.8) is 0 Å². The number of benzene rings is 1. The summed E-state index contributed by atoms with van der Waals surface area (Å²) in [4.78, 5) is 5.35. The van der Waals surface area contributed by atoms with E-state index in [0.29, 0.717) is 5.69 Å². The van der Waals surface area contributed by atoms with Crippen LogP contribution in [0.15, 0.2) is 47.5 Å². The number of aryl methyl sites for hydroxylation is 1. The van der Waals surface area contributed by atoms with Gasteiger partial charge in [0.25, 0.3) is 0 Å². The highest BCUT2D eigenvalue weighted by atomic mass is 35.5. The van der Waals surface area contributed by atoms with Crippen molar-refractivity contribution in [1.29, 1.82) is 0 Å². The van der Waals surface area contributed by atoms with Crippen molar-refractivity contribution in [3.05, 3.63) is 53.3 Å². The SMILES string of the molecule is Nc1ccc(SCCc2ccccn2)c(Cl)c1. The Morgan fingerprint density at radius 1 is 1.24 bits per heavy atom. The van der Waals surface area contributed by atoms with Crippen molar-refractivity contribution in [2.75, 3.05) is 11.5 Å². The minimum Gasteiger partial charge on any atom is -0.399 e. The molecule has 0 unspecified atom stereocenters. The highest BCUT2D eigenvalue weighted by Gasteiger charge is 2.02. The molecule has 17 heavy (non-hydrogen) atoms. The molecule has 0 bridgehead atoms. The molecule has 0 atom stereocenters. The van der Waals surface area contributed by atoms with E-state index < -0.39 is 0 Å². The number of hydrogen-bond acceptors (Lipinski definition) is 3. The van der Waals surface area contributed by atoms with E-state index in [0.717, 1.165) is 27.8 Å². The van der Waals surface area contributed by atoms with Crippen LogP contribution in [0.1, 0.15) is 5.69 Å². The first-order valence-corrected chi connectivity index (χ1v) is 6.70. The molecule has 0 radical (unpaired) electrons. The fourth-order valence-corrected chi connectivity index (χ4v) is 2.69. The van der Waals surface area contributed by atoms with Crippen LogP contribution in [0.2, 0.25) is 5.02 Å². The van der Waals surface area contributed by atoms with Crippen molar-refractivity contribution >= 4 is 29.1 Å². The zero-order valence-corrected chi connectivity index (χ0v) is 10.8. The Hall–Kier alpha value is -1.19. The fraction of sp³-hybridized carbons (Fsp3) is 0.154. The Balaban J connectivity index is 1.90. The summed E-state index contributed by atoms with van der Waals surface area (Å²) in [6.45, 7) is 0. The van der Waals surface area contributed by atoms with Gasteiger partial charge >= 0.3 is 0 Å². The summed E-state index contributed by atoms with van der Waals surface area (Å²) in [7, 11) is 0. The Labute approximate surface area is 110 Å². The quantitative estimate of drug-likeness (QED) is 0.677. The van der Waals surface area contributed by atoms with E-state index in [9.17, 15) is 0 Å². The van der Waals surface area contributed by atoms with Crippen LogP contribution in [-0.4, -0.2) is 10.7 Å². The third-order valence-corrected chi connectivity index (χ3v) is 3.80. The summed E-state index contributed by atoms with van der Waals surface area (Å²) >= 11 is 7.82. The van der Waals surface area contributed by atoms with Gasteiger partial charge in [0.15, 0.2) is 0 Å². The van der Waals surface area contributed by atoms with Crippen LogP contribution in [0.5, 0.6) is 0 Å². The molecular weight excluding hydrogens is 252 g/mol. The van der Waals surface area contributed by atoms with Gasteiger partial charge < -0.3 is 5.73 Å². The standard InChI is InChI=1S/C13H13ClN2S/c14-12-9-10(15)4-5-13(12)17-8-6-11-3-1-2-7-16-11/h1-5,7,9H,6,8,15H2. The topological polar surface area (TPSA) is 38.9 Å². The molecule has 2 N–H and O–H groups in total. The van der Waals surface area contributed by atoms with Gasteiger partial charge in [-0.05, 0) is 36.8 Å². The second-order valence-electron chi connectivity index (χ2n) is 3.61. The molecule has 2 nitrogen and oxygen atoms in total. The van der Waals surface area contributed by atoms with Crippen LogP contribution in [0.4, 0.5) is 5.69 Å². The molecule has 88 valence electrons. The number of thioether (sulfide) groups is 1. The van der Waals surface area contributed by atoms with E-state index in [-0.39, 0.29) is 0 Å². The molecule has 2 rings (SSSR count). The number of nitrogens with zero attached hydrogens (tertiary/aromatic N) is 1. The molecule has 0 aliphatic heterocycles. The van der Waals surface area contributed by atoms with Gasteiger partial charge in [0, 0.05) is 28.2 Å². The van der Waals surface area contributed by atoms with Gasteiger partial charge in [-0.25, -0.2) is 0 Å². The molecule has 4 heteroatoms. The fourth-order valence-electron chi connectivity index (χ4n) is 1.45. The van der Waals surface area contributed by atoms with Gasteiger partial charge in [0.2, 0.25) is 0 Å². The first-order valence-electron chi connectivity index (χ1n) is 5.33. The Kier molecular flexibility index (Phi) is 4.29. The van der Waals surface area contributed by atoms with Crippen molar-refractivity contribution < 1.29 is 0 Å². The second-order valence-corrected chi connectivity index (χ2v) is 5.15. The molecule has 2 aromatic rings. The highest BCUT2D eigenvalue weighted by Crippen LogP contribution is 2.29. The van der Waals surface area contributed by atoms with Crippen molar-refractivity contribution in [2.45, 2.75) is 11.3 Å². The average Bonchev–Trinajstić information content (AvgIpc) is 2.33. The van der Waals surface area contributed by atoms with Gasteiger partial charge in [-0.15, -0.1) is 11.8 Å². The molecule has 0 aliphatic carbocycles. The maximum atomic E-state index is 6.09. The van der Waals surface area contributed by atoms with Crippen LogP contribution >= 0.6 is 23.4 Å². The predicted molar refractivity (Wildman–Crippen MR) is 74.5 cm³/mol. The molecule has 1 aromatic carbocycles. The van der Waals surface area contributed by atoms with Crippen molar-refractivity contribution in [3.8, 4) is 0 Å². The largest absolute Gasteiger partial charge is 0.399 e. The Bertz CT molecular complexity index is 488. The molecule has 0 spiro atoms. The lowest BCUT2D eigenvalue weighted by Crippen LogP contribution is -1.92. The number of rotatable bonds is 4. The maximum absolute atomic E-state index is 6.09. The number of pyridine rings is 1. The predicted octanol–water partition coefficient (Wildman–Crippen LogP) is 3.65. The van der Waals surface area contributed by atoms with Crippen molar-refractivity contribution in [2.24, 2.45) is 0 Å². The molecule has 0 saturated heterocycles. The monoisotopic (exact) mass is 264 g/mol. The molecule has 1 heterocycles. The minimum absolute atomic E-state index is 0.698. The van der Waals surface area contributed by atoms with Gasteiger partial charge in [0.1, 0.15) is 0 Å². The Morgan fingerprint density at radius 3 is 2.82 bits per heavy atom. The van der Waals surface area contributed by atoms with Crippen LogP contribution in [0.25, 0.3) is 0 Å². The molecular formula is C13H13ClN2S. The van der Waals surface area contributed by atoms with Crippen LogP contribution < -0.4 is 5.73 Å². The van der Waals surface area contributed by atoms with E-state index in [1.54, 1.807) is 17.8 Å². The number of hydrogen-bond donors (Lipinski definition) is 1. The normalized spacial score (nSPS) is 10.4. The van der Waals surface area contributed by atoms with Gasteiger partial charge in [-0.3, -0.25) is 4.98 Å². The molecule has 0 saturated carbocycles. The lowest BCUT2D eigenvalue weighted by atomic mass is 10.3. The highest BCUT2D eigenvalue weighted by molar-refractivity contribution is 7.99. The Morgan fingerprint density at radius 2 is 2.12 bits per heavy atom. The maximum Gasteiger partial charge on any atom is 0.0562 e. The number of aromatic nitrogens is 1. The summed E-state index contributed by atoms with van der Waals surface area (Å²) in [5.74, 6) is 0.959. The van der Waals surface area contributed by atoms with Crippen LogP contribution in [0.3, 0.4) is 0 Å². The van der Waals surface area contributed by atoms with E-state index in [1.165, 1.54) is 0 Å². The first kappa shape index (κ1) is 12.3. The van der Waals surface area contributed by atoms with Crippen LogP contribution in [0, 0.1) is 0 Å². The first-order chi connectivity index (χ1) is 8.25. The number of anilines is 1. The molecule has 1 aromatic heterocycles. The second kappa shape index (κ2) is 5.94. The summed E-state index contributed by atoms with van der Waals surface area (Å²) in [6, 6.07) is 11.6. The average molecular weight is 265 g/mol. The third kappa shape index (κ3) is 3.65. The van der Waals surface area contributed by atoms with Gasteiger partial charge in [-0.2, -0.15) is 0 Å². The number of halogens is 1. The van der Waals surface area contributed by atoms with Crippen LogP contribution in [-0.2, 0) is 6.42 Å². The minimum atomic E-state index is 0.698. The lowest BCUT2D eigenvalue weighted by molar-refractivity contribution is 1.05. The zero-order valence-electron chi connectivity index (χ0n) is 9.27. The lowest BCUT2D eigenvalue weighted by Gasteiger charge is -2.04. The summed E-state index contributed by atoms with van der Waals surface area (Å²) < 4.78 is 0. The van der Waals surface area contributed by atoms with E-state index in [1.807, 2.05) is 36.5 Å². The molecule has 0 fully saturated rings.